The van der Waals surface area contributed by atoms with E-state index in [0.29, 0.717) is 57.9 Å². The van der Waals surface area contributed by atoms with Crippen LogP contribution in [0.3, 0.4) is 0 Å². The maximum atomic E-state index is 12.6. The summed E-state index contributed by atoms with van der Waals surface area (Å²) in [4.78, 5) is 39.6. The van der Waals surface area contributed by atoms with Crippen molar-refractivity contribution in [1.82, 2.24) is 4.90 Å². The molecule has 0 rings (SSSR count). The average Bonchev–Trinajstić information content (AvgIpc) is 3.14. The first-order valence-corrected chi connectivity index (χ1v) is 21.0. The highest BCUT2D eigenvalue weighted by molar-refractivity contribution is 5.72. The first kappa shape index (κ1) is 49.8. The minimum Gasteiger partial charge on any atom is -0.499 e. The molecule has 0 amide bonds. The molecule has 0 aliphatic heterocycles. The number of rotatable bonds is 38. The molecule has 0 spiro atoms. The lowest BCUT2D eigenvalue weighted by molar-refractivity contribution is -0.150. The summed E-state index contributed by atoms with van der Waals surface area (Å²) in [5.74, 6) is 0.0771. The van der Waals surface area contributed by atoms with Gasteiger partial charge in [0.05, 0.1) is 63.2 Å². The number of carbonyl (C=O) groups is 3. The van der Waals surface area contributed by atoms with Crippen LogP contribution >= 0.6 is 0 Å². The molecule has 0 aliphatic rings. The van der Waals surface area contributed by atoms with Gasteiger partial charge < -0.3 is 29.2 Å². The fourth-order valence-electron chi connectivity index (χ4n) is 6.01. The molecule has 0 bridgehead atoms. The number of ether oxygens (including phenoxy) is 4. The molecule has 0 saturated heterocycles. The Balaban J connectivity index is 4.33. The van der Waals surface area contributed by atoms with Crippen molar-refractivity contribution in [2.75, 3.05) is 52.7 Å². The number of aliphatic hydroxyl groups excluding tert-OH is 2. The zero-order valence-electron chi connectivity index (χ0n) is 33.9. The Morgan fingerprint density at radius 2 is 0.981 bits per heavy atom. The number of hydrogen-bond acceptors (Lipinski definition) is 10. The molecule has 0 fully saturated rings. The largest absolute Gasteiger partial charge is 0.499 e. The summed E-state index contributed by atoms with van der Waals surface area (Å²) in [6.45, 7) is 14.8. The summed E-state index contributed by atoms with van der Waals surface area (Å²) in [6, 6.07) is 0. The molecule has 0 aromatic rings. The molecule has 306 valence electrons. The topological polar surface area (TPSA) is 132 Å². The molecule has 0 aromatic carbocycles. The fourth-order valence-corrected chi connectivity index (χ4v) is 6.01. The van der Waals surface area contributed by atoms with Crippen LogP contribution in [0.1, 0.15) is 169 Å². The second-order valence-corrected chi connectivity index (χ2v) is 14.4. The monoisotopic (exact) mass is 742 g/mol. The SMILES string of the molecule is C=C(CCN(CCC(=O)OCCCCOC(=O)C(CCCC)CCCCCC)CC(O)CO)OCCCCOC(=O)C(CCCC)CCCCCC. The van der Waals surface area contributed by atoms with Crippen molar-refractivity contribution in [2.24, 2.45) is 11.8 Å². The van der Waals surface area contributed by atoms with Gasteiger partial charge in [-0.2, -0.15) is 0 Å². The highest BCUT2D eigenvalue weighted by Crippen LogP contribution is 2.20. The summed E-state index contributed by atoms with van der Waals surface area (Å²) in [7, 11) is 0. The van der Waals surface area contributed by atoms with Crippen LogP contribution in [0.15, 0.2) is 12.3 Å². The van der Waals surface area contributed by atoms with Gasteiger partial charge in [-0.1, -0.05) is 111 Å². The zero-order chi connectivity index (χ0) is 38.7. The van der Waals surface area contributed by atoms with E-state index in [1.165, 1.54) is 32.1 Å². The Bertz CT molecular complexity index is 820. The first-order chi connectivity index (χ1) is 25.2. The van der Waals surface area contributed by atoms with Gasteiger partial charge in [0.25, 0.3) is 0 Å². The van der Waals surface area contributed by atoms with E-state index in [2.05, 4.69) is 34.3 Å². The fraction of sp³-hybridized carbons (Fsp3) is 0.881. The lowest BCUT2D eigenvalue weighted by atomic mass is 9.95. The quantitative estimate of drug-likeness (QED) is 0.0274. The lowest BCUT2D eigenvalue weighted by Gasteiger charge is -2.24. The molecular formula is C42H79NO9. The number of nitrogens with zero attached hydrogens (tertiary/aromatic N) is 1. The van der Waals surface area contributed by atoms with Gasteiger partial charge in [0.15, 0.2) is 0 Å². The highest BCUT2D eigenvalue weighted by atomic mass is 16.5. The number of hydrogen-bond donors (Lipinski definition) is 2. The number of aliphatic hydroxyl groups is 2. The normalized spacial score (nSPS) is 13.1. The summed E-state index contributed by atoms with van der Waals surface area (Å²) in [6.07, 6.45) is 19.5. The van der Waals surface area contributed by atoms with Gasteiger partial charge in [0.2, 0.25) is 0 Å². The second kappa shape index (κ2) is 35.8. The maximum Gasteiger partial charge on any atom is 0.308 e. The van der Waals surface area contributed by atoms with Crippen LogP contribution < -0.4 is 0 Å². The molecule has 0 aromatic heterocycles. The molecule has 0 saturated carbocycles. The predicted molar refractivity (Wildman–Crippen MR) is 209 cm³/mol. The summed E-state index contributed by atoms with van der Waals surface area (Å²) in [5, 5.41) is 19.4. The van der Waals surface area contributed by atoms with E-state index >= 15 is 0 Å². The standard InChI is InChI=1S/C42H79NO9/c1-6-10-14-16-24-37(22-12-8-3)41(47)51-32-20-18-30-49-36(5)26-28-43(34-39(45)35-44)29-27-40(46)50-31-19-21-33-52-42(48)38(23-13-9-4)25-17-15-11-7-2/h37-39,44-45H,5-35H2,1-4H3. The van der Waals surface area contributed by atoms with Crippen molar-refractivity contribution in [3.63, 3.8) is 0 Å². The Morgan fingerprint density at radius 3 is 1.44 bits per heavy atom. The number of unbranched alkanes of at least 4 members (excludes halogenated alkanes) is 10. The molecule has 0 aliphatic carbocycles. The summed E-state index contributed by atoms with van der Waals surface area (Å²) < 4.78 is 22.3. The van der Waals surface area contributed by atoms with Crippen molar-refractivity contribution in [3.05, 3.63) is 12.3 Å². The van der Waals surface area contributed by atoms with E-state index in [0.717, 1.165) is 83.5 Å². The third-order valence-corrected chi connectivity index (χ3v) is 9.45. The predicted octanol–water partition coefficient (Wildman–Crippen LogP) is 8.70. The second-order valence-electron chi connectivity index (χ2n) is 14.4. The lowest BCUT2D eigenvalue weighted by Crippen LogP contribution is -2.36. The third kappa shape index (κ3) is 29.3. The van der Waals surface area contributed by atoms with Gasteiger partial charge in [-0.25, -0.2) is 0 Å². The van der Waals surface area contributed by atoms with Crippen LogP contribution in [0, 0.1) is 11.8 Å². The molecule has 2 N–H and O–H groups in total. The maximum absolute atomic E-state index is 12.6. The molecular weight excluding hydrogens is 662 g/mol. The molecule has 52 heavy (non-hydrogen) atoms. The Labute approximate surface area is 317 Å². The van der Waals surface area contributed by atoms with E-state index in [9.17, 15) is 24.6 Å². The Morgan fingerprint density at radius 1 is 0.558 bits per heavy atom. The first-order valence-electron chi connectivity index (χ1n) is 21.0. The van der Waals surface area contributed by atoms with Crippen LogP contribution in [0.2, 0.25) is 0 Å². The summed E-state index contributed by atoms with van der Waals surface area (Å²) in [5.41, 5.74) is 0. The van der Waals surface area contributed by atoms with E-state index in [1.807, 2.05) is 4.90 Å². The number of esters is 3. The molecule has 10 heteroatoms. The van der Waals surface area contributed by atoms with E-state index in [1.54, 1.807) is 0 Å². The molecule has 0 heterocycles. The van der Waals surface area contributed by atoms with Crippen molar-refractivity contribution in [1.29, 1.82) is 0 Å². The van der Waals surface area contributed by atoms with Gasteiger partial charge in [-0.3, -0.25) is 19.3 Å². The van der Waals surface area contributed by atoms with Gasteiger partial charge in [0.1, 0.15) is 0 Å². The zero-order valence-corrected chi connectivity index (χ0v) is 33.9. The molecule has 10 nitrogen and oxygen atoms in total. The third-order valence-electron chi connectivity index (χ3n) is 9.45. The van der Waals surface area contributed by atoms with Crippen LogP contribution in [0.5, 0.6) is 0 Å². The van der Waals surface area contributed by atoms with Crippen LogP contribution in [0.4, 0.5) is 0 Å². The minimum atomic E-state index is -0.925. The van der Waals surface area contributed by atoms with Crippen molar-refractivity contribution < 1.29 is 43.5 Å². The van der Waals surface area contributed by atoms with Gasteiger partial charge >= 0.3 is 17.9 Å². The Hall–Kier alpha value is -2.17. The van der Waals surface area contributed by atoms with Crippen LogP contribution in [-0.4, -0.2) is 91.8 Å². The minimum absolute atomic E-state index is 0.00278. The average molecular weight is 742 g/mol. The van der Waals surface area contributed by atoms with Gasteiger partial charge in [-0.15, -0.1) is 0 Å². The van der Waals surface area contributed by atoms with Crippen LogP contribution in [0.25, 0.3) is 0 Å². The van der Waals surface area contributed by atoms with Crippen molar-refractivity contribution >= 4 is 17.9 Å². The highest BCUT2D eigenvalue weighted by Gasteiger charge is 2.20. The Kier molecular flexibility index (Phi) is 34.3. The smallest absolute Gasteiger partial charge is 0.308 e. The van der Waals surface area contributed by atoms with Crippen molar-refractivity contribution in [2.45, 2.75) is 175 Å². The van der Waals surface area contributed by atoms with Gasteiger partial charge in [-0.05, 0) is 51.4 Å². The van der Waals surface area contributed by atoms with E-state index in [4.69, 9.17) is 18.9 Å². The number of carbonyl (C=O) groups excluding carboxylic acids is 3. The van der Waals surface area contributed by atoms with E-state index < -0.39 is 6.10 Å². The molecule has 0 radical (unpaired) electrons. The van der Waals surface area contributed by atoms with Gasteiger partial charge in [0, 0.05) is 26.1 Å². The van der Waals surface area contributed by atoms with Crippen LogP contribution in [-0.2, 0) is 33.3 Å². The summed E-state index contributed by atoms with van der Waals surface area (Å²) >= 11 is 0. The van der Waals surface area contributed by atoms with E-state index in [-0.39, 0.29) is 55.9 Å². The van der Waals surface area contributed by atoms with Crippen molar-refractivity contribution in [3.8, 4) is 0 Å². The molecule has 3 atom stereocenters. The molecule has 3 unspecified atom stereocenters.